The molecule has 0 unspecified atom stereocenters. The van der Waals surface area contributed by atoms with E-state index < -0.39 is 23.5 Å². The quantitative estimate of drug-likeness (QED) is 0.631. The molecule has 27 heavy (non-hydrogen) atoms. The smallest absolute Gasteiger partial charge is 0.196 e. The molecule has 0 spiro atoms. The van der Waals surface area contributed by atoms with Crippen molar-refractivity contribution in [1.82, 2.24) is 15.4 Å². The van der Waals surface area contributed by atoms with Crippen molar-refractivity contribution in [2.24, 2.45) is 0 Å². The summed E-state index contributed by atoms with van der Waals surface area (Å²) < 4.78 is 78.5. The first-order valence-electron chi connectivity index (χ1n) is 7.31. The monoisotopic (exact) mass is 382 g/mol. The second kappa shape index (κ2) is 6.42. The molecule has 0 radical (unpaired) electrons. The summed E-state index contributed by atoms with van der Waals surface area (Å²) in [5.41, 5.74) is -2.68. The van der Waals surface area contributed by atoms with Gasteiger partial charge < -0.3 is 0 Å². The van der Waals surface area contributed by atoms with E-state index in [9.17, 15) is 26.3 Å². The molecule has 0 amide bonds. The summed E-state index contributed by atoms with van der Waals surface area (Å²) >= 11 is 0. The molecule has 10 heteroatoms. The van der Waals surface area contributed by atoms with E-state index in [0.29, 0.717) is 0 Å². The number of nitriles is 1. The Balaban J connectivity index is 2.22. The van der Waals surface area contributed by atoms with E-state index in [1.54, 1.807) is 6.07 Å². The van der Waals surface area contributed by atoms with Crippen molar-refractivity contribution >= 4 is 0 Å². The van der Waals surface area contributed by atoms with Crippen molar-refractivity contribution in [1.29, 1.82) is 5.26 Å². The van der Waals surface area contributed by atoms with Crippen LogP contribution in [0.2, 0.25) is 0 Å². The first-order valence-corrected chi connectivity index (χ1v) is 7.31. The highest BCUT2D eigenvalue weighted by molar-refractivity contribution is 5.75. The van der Waals surface area contributed by atoms with Crippen LogP contribution in [0.25, 0.3) is 22.4 Å². The number of benzene rings is 2. The van der Waals surface area contributed by atoms with Crippen molar-refractivity contribution in [3.8, 4) is 28.5 Å². The Labute approximate surface area is 148 Å². The highest BCUT2D eigenvalue weighted by Crippen LogP contribution is 2.38. The summed E-state index contributed by atoms with van der Waals surface area (Å²) in [5.74, 6) is 0. The van der Waals surface area contributed by atoms with Crippen LogP contribution in [0.15, 0.2) is 42.5 Å². The van der Waals surface area contributed by atoms with Gasteiger partial charge in [0.05, 0.1) is 11.1 Å². The maximum Gasteiger partial charge on any atom is 0.416 e. The second-order valence-corrected chi connectivity index (χ2v) is 5.51. The Morgan fingerprint density at radius 1 is 0.778 bits per heavy atom. The third-order valence-electron chi connectivity index (χ3n) is 3.71. The molecule has 4 nitrogen and oxygen atoms in total. The van der Waals surface area contributed by atoms with Crippen molar-refractivity contribution < 1.29 is 26.3 Å². The van der Waals surface area contributed by atoms with Crippen LogP contribution >= 0.6 is 0 Å². The van der Waals surface area contributed by atoms with E-state index in [1.165, 1.54) is 12.1 Å². The molecule has 3 rings (SSSR count). The van der Waals surface area contributed by atoms with Gasteiger partial charge >= 0.3 is 12.4 Å². The van der Waals surface area contributed by atoms with Gasteiger partial charge in [0, 0.05) is 5.56 Å². The third kappa shape index (κ3) is 3.76. The molecular formula is C17H8F6N4. The molecule has 1 aromatic heterocycles. The zero-order valence-electron chi connectivity index (χ0n) is 13.2. The van der Waals surface area contributed by atoms with Gasteiger partial charge in [-0.1, -0.05) is 12.1 Å². The van der Waals surface area contributed by atoms with Crippen LogP contribution < -0.4 is 0 Å². The lowest BCUT2D eigenvalue weighted by Gasteiger charge is -2.13. The van der Waals surface area contributed by atoms with Crippen molar-refractivity contribution in [3.05, 3.63) is 59.3 Å². The van der Waals surface area contributed by atoms with Crippen LogP contribution in [0.1, 0.15) is 16.8 Å². The molecule has 1 N–H and O–H groups in total. The van der Waals surface area contributed by atoms with Gasteiger partial charge in [0.2, 0.25) is 0 Å². The highest BCUT2D eigenvalue weighted by atomic mass is 19.4. The number of nitrogens with zero attached hydrogens (tertiary/aromatic N) is 3. The zero-order valence-corrected chi connectivity index (χ0v) is 13.2. The highest BCUT2D eigenvalue weighted by Gasteiger charge is 2.33. The van der Waals surface area contributed by atoms with Gasteiger partial charge in [-0.25, -0.2) is 0 Å². The molecule has 1 heterocycles. The van der Waals surface area contributed by atoms with Gasteiger partial charge in [-0.3, -0.25) is 0 Å². The number of nitrogens with one attached hydrogen (secondary N) is 1. The molecule has 0 aliphatic carbocycles. The van der Waals surface area contributed by atoms with E-state index in [2.05, 4.69) is 15.4 Å². The molecule has 0 atom stereocenters. The molecule has 2 aromatic carbocycles. The Bertz CT molecular complexity index is 1030. The summed E-state index contributed by atoms with van der Waals surface area (Å²) in [6.45, 7) is 0. The average Bonchev–Trinajstić information content (AvgIpc) is 3.09. The summed E-state index contributed by atoms with van der Waals surface area (Å²) in [7, 11) is 0. The lowest BCUT2D eigenvalue weighted by Crippen LogP contribution is -2.06. The second-order valence-electron chi connectivity index (χ2n) is 5.51. The minimum absolute atomic E-state index is 0.0563. The summed E-state index contributed by atoms with van der Waals surface area (Å²) in [4.78, 5) is 0. The topological polar surface area (TPSA) is 65.4 Å². The summed E-state index contributed by atoms with van der Waals surface area (Å²) in [6, 6.07) is 8.36. The maximum atomic E-state index is 13.3. The predicted octanol–water partition coefficient (Wildman–Crippen LogP) is 5.05. The fourth-order valence-corrected chi connectivity index (χ4v) is 2.48. The van der Waals surface area contributed by atoms with Gasteiger partial charge in [-0.05, 0) is 41.5 Å². The SMILES string of the molecule is N#Cc1n[nH]nc1-c1cc(-c2cccc(C(F)(F)F)c2)cc(C(F)(F)F)c1. The molecule has 0 saturated carbocycles. The van der Waals surface area contributed by atoms with E-state index >= 15 is 0 Å². The van der Waals surface area contributed by atoms with Crippen LogP contribution in [0.4, 0.5) is 26.3 Å². The van der Waals surface area contributed by atoms with Crippen LogP contribution in [0.3, 0.4) is 0 Å². The minimum atomic E-state index is -4.75. The molecule has 138 valence electrons. The molecular weight excluding hydrogens is 374 g/mol. The van der Waals surface area contributed by atoms with Gasteiger partial charge in [0.25, 0.3) is 0 Å². The Morgan fingerprint density at radius 3 is 2.04 bits per heavy atom. The Morgan fingerprint density at radius 2 is 1.41 bits per heavy atom. The summed E-state index contributed by atoms with van der Waals surface area (Å²) in [6.07, 6.45) is -9.39. The first kappa shape index (κ1) is 18.4. The summed E-state index contributed by atoms with van der Waals surface area (Å²) in [5, 5.41) is 18.3. The van der Waals surface area contributed by atoms with E-state index in [-0.39, 0.29) is 28.1 Å². The number of aromatic nitrogens is 3. The Hall–Kier alpha value is -3.35. The molecule has 3 aromatic rings. The number of H-pyrrole nitrogens is 1. The van der Waals surface area contributed by atoms with E-state index in [1.807, 2.05) is 0 Å². The lowest BCUT2D eigenvalue weighted by molar-refractivity contribution is -0.138. The fourth-order valence-electron chi connectivity index (χ4n) is 2.48. The van der Waals surface area contributed by atoms with Gasteiger partial charge in [-0.15, -0.1) is 5.10 Å². The number of hydrogen-bond acceptors (Lipinski definition) is 3. The normalized spacial score (nSPS) is 12.0. The largest absolute Gasteiger partial charge is 0.416 e. The number of hydrogen-bond donors (Lipinski definition) is 1. The van der Waals surface area contributed by atoms with Crippen LogP contribution in [0, 0.1) is 11.3 Å². The first-order chi connectivity index (χ1) is 12.6. The lowest BCUT2D eigenvalue weighted by atomic mass is 9.96. The average molecular weight is 382 g/mol. The van der Waals surface area contributed by atoms with E-state index in [0.717, 1.165) is 30.3 Å². The van der Waals surface area contributed by atoms with Gasteiger partial charge in [0.15, 0.2) is 5.69 Å². The standard InChI is InChI=1S/C17H8F6N4/c18-16(19,20)12-3-1-2-9(5-12)10-4-11(7-13(6-10)17(21,22)23)15-14(8-24)25-27-26-15/h1-7H,(H,25,26,27). The third-order valence-corrected chi connectivity index (χ3v) is 3.71. The molecule has 0 bridgehead atoms. The van der Waals surface area contributed by atoms with E-state index in [4.69, 9.17) is 5.26 Å². The minimum Gasteiger partial charge on any atom is -0.196 e. The maximum absolute atomic E-state index is 13.3. The molecule has 0 fully saturated rings. The van der Waals surface area contributed by atoms with Gasteiger partial charge in [-0.2, -0.15) is 41.9 Å². The van der Waals surface area contributed by atoms with Crippen molar-refractivity contribution in [2.45, 2.75) is 12.4 Å². The molecule has 0 aliphatic heterocycles. The fraction of sp³-hybridized carbons (Fsp3) is 0.118. The number of rotatable bonds is 2. The van der Waals surface area contributed by atoms with Crippen molar-refractivity contribution in [2.75, 3.05) is 0 Å². The number of alkyl halides is 6. The van der Waals surface area contributed by atoms with Crippen LogP contribution in [0.5, 0.6) is 0 Å². The molecule has 0 saturated heterocycles. The van der Waals surface area contributed by atoms with Crippen molar-refractivity contribution in [3.63, 3.8) is 0 Å². The zero-order chi connectivity index (χ0) is 19.8. The van der Waals surface area contributed by atoms with Gasteiger partial charge in [0.1, 0.15) is 11.8 Å². The number of aromatic amines is 1. The molecule has 0 aliphatic rings. The number of halogens is 6. The predicted molar refractivity (Wildman–Crippen MR) is 82.0 cm³/mol. The van der Waals surface area contributed by atoms with Crippen LogP contribution in [-0.2, 0) is 12.4 Å². The van der Waals surface area contributed by atoms with Crippen LogP contribution in [-0.4, -0.2) is 15.4 Å². The Kier molecular flexibility index (Phi) is 4.39.